The smallest absolute Gasteiger partial charge is 0.0528 e. The lowest BCUT2D eigenvalue weighted by Crippen LogP contribution is -2.27. The van der Waals surface area contributed by atoms with Crippen molar-refractivity contribution in [2.45, 2.75) is 13.5 Å². The van der Waals surface area contributed by atoms with Gasteiger partial charge in [0.25, 0.3) is 0 Å². The first kappa shape index (κ1) is 18.5. The molecule has 2 aromatic heterocycles. The first-order valence-corrected chi connectivity index (χ1v) is 10.3. The summed E-state index contributed by atoms with van der Waals surface area (Å²) in [5.74, 6) is 1.19. The Morgan fingerprint density at radius 3 is 2.48 bits per heavy atom. The van der Waals surface area contributed by atoms with E-state index < -0.39 is 0 Å². The van der Waals surface area contributed by atoms with Crippen LogP contribution in [0.3, 0.4) is 0 Å². The molecule has 3 nitrogen and oxygen atoms in total. The van der Waals surface area contributed by atoms with Gasteiger partial charge in [0.1, 0.15) is 0 Å². The molecular formula is C22H23Cl2N3. The molecule has 0 atom stereocenters. The van der Waals surface area contributed by atoms with E-state index >= 15 is 0 Å². The molecule has 0 fully saturated rings. The van der Waals surface area contributed by atoms with Gasteiger partial charge in [-0.05, 0) is 35.6 Å². The second-order valence-corrected chi connectivity index (χ2v) is 7.73. The zero-order valence-electron chi connectivity index (χ0n) is 15.7. The van der Waals surface area contributed by atoms with Gasteiger partial charge in [-0.2, -0.15) is 0 Å². The third-order valence-electron chi connectivity index (χ3n) is 5.50. The Hall–Kier alpha value is -1.81. The average molecular weight is 400 g/mol. The van der Waals surface area contributed by atoms with Crippen molar-refractivity contribution in [3.63, 3.8) is 0 Å². The van der Waals surface area contributed by atoms with Gasteiger partial charge >= 0.3 is 0 Å². The largest absolute Gasteiger partial charge is 0.343 e. The zero-order valence-corrected chi connectivity index (χ0v) is 17.2. The van der Waals surface area contributed by atoms with E-state index in [9.17, 15) is 0 Å². The monoisotopic (exact) mass is 399 g/mol. The van der Waals surface area contributed by atoms with Crippen molar-refractivity contribution in [2.75, 3.05) is 24.8 Å². The van der Waals surface area contributed by atoms with Crippen LogP contribution in [0.2, 0.25) is 0 Å². The zero-order chi connectivity index (χ0) is 19.0. The third kappa shape index (κ3) is 3.08. The minimum atomic E-state index is 0.595. The molecule has 2 heterocycles. The molecule has 0 aliphatic heterocycles. The lowest BCUT2D eigenvalue weighted by atomic mass is 9.95. The van der Waals surface area contributed by atoms with Gasteiger partial charge in [-0.3, -0.25) is 9.88 Å². The summed E-state index contributed by atoms with van der Waals surface area (Å²) in [6, 6.07) is 10.8. The van der Waals surface area contributed by atoms with Crippen LogP contribution in [0.4, 0.5) is 0 Å². The van der Waals surface area contributed by atoms with Crippen molar-refractivity contribution >= 4 is 55.8 Å². The summed E-state index contributed by atoms with van der Waals surface area (Å²) in [6.07, 6.45) is 3.88. The number of aryl methyl sites for hydroxylation is 2. The van der Waals surface area contributed by atoms with E-state index in [1.807, 2.05) is 12.4 Å². The van der Waals surface area contributed by atoms with Gasteiger partial charge < -0.3 is 4.57 Å². The number of rotatable bonds is 6. The molecule has 0 N–H and O–H groups in total. The SMILES string of the molecule is Cc1c2ccncc2c(CN(CCCl)CCCl)c2c3ccccc3n(C)c12. The molecule has 0 amide bonds. The maximum Gasteiger partial charge on any atom is 0.0528 e. The van der Waals surface area contributed by atoms with E-state index in [0.717, 1.165) is 19.6 Å². The number of hydrogen-bond acceptors (Lipinski definition) is 2. The maximum absolute atomic E-state index is 6.06. The molecular weight excluding hydrogens is 377 g/mol. The minimum Gasteiger partial charge on any atom is -0.343 e. The molecule has 140 valence electrons. The predicted molar refractivity (Wildman–Crippen MR) is 117 cm³/mol. The highest BCUT2D eigenvalue weighted by Gasteiger charge is 2.20. The summed E-state index contributed by atoms with van der Waals surface area (Å²) in [5, 5.41) is 5.08. The van der Waals surface area contributed by atoms with Crippen molar-refractivity contribution in [3.8, 4) is 0 Å². The molecule has 0 aliphatic rings. The number of hydrogen-bond donors (Lipinski definition) is 0. The number of halogens is 2. The summed E-state index contributed by atoms with van der Waals surface area (Å²) in [6.45, 7) is 4.65. The van der Waals surface area contributed by atoms with Crippen LogP contribution in [-0.4, -0.2) is 39.3 Å². The van der Waals surface area contributed by atoms with Crippen molar-refractivity contribution in [2.24, 2.45) is 7.05 Å². The van der Waals surface area contributed by atoms with Crippen LogP contribution in [-0.2, 0) is 13.6 Å². The Balaban J connectivity index is 2.10. The van der Waals surface area contributed by atoms with E-state index in [0.29, 0.717) is 11.8 Å². The molecule has 0 saturated heterocycles. The molecule has 0 aliphatic carbocycles. The number of fused-ring (bicyclic) bond motifs is 4. The third-order valence-corrected chi connectivity index (χ3v) is 5.84. The second-order valence-electron chi connectivity index (χ2n) is 6.98. The van der Waals surface area contributed by atoms with Gasteiger partial charge in [0.15, 0.2) is 0 Å². The predicted octanol–water partition coefficient (Wildman–Crippen LogP) is 5.47. The molecule has 27 heavy (non-hydrogen) atoms. The Morgan fingerprint density at radius 1 is 1.00 bits per heavy atom. The highest BCUT2D eigenvalue weighted by atomic mass is 35.5. The number of alkyl halides is 2. The number of pyridine rings is 1. The lowest BCUT2D eigenvalue weighted by molar-refractivity contribution is 0.301. The van der Waals surface area contributed by atoms with E-state index in [1.165, 1.54) is 43.7 Å². The van der Waals surface area contributed by atoms with Gasteiger partial charge in [0.2, 0.25) is 0 Å². The van der Waals surface area contributed by atoms with E-state index in [4.69, 9.17) is 23.2 Å². The van der Waals surface area contributed by atoms with Crippen LogP contribution in [0.15, 0.2) is 42.7 Å². The molecule has 0 saturated carbocycles. The summed E-state index contributed by atoms with van der Waals surface area (Å²) >= 11 is 12.1. The number of para-hydroxylation sites is 1. The topological polar surface area (TPSA) is 21.1 Å². The van der Waals surface area contributed by atoms with Crippen molar-refractivity contribution in [3.05, 3.63) is 53.9 Å². The Labute approximate surface area is 169 Å². The summed E-state index contributed by atoms with van der Waals surface area (Å²) in [7, 11) is 2.16. The first-order valence-electron chi connectivity index (χ1n) is 9.24. The van der Waals surface area contributed by atoms with Crippen LogP contribution in [0.1, 0.15) is 11.1 Å². The second kappa shape index (κ2) is 7.67. The quantitative estimate of drug-likeness (QED) is 0.401. The molecule has 0 bridgehead atoms. The summed E-state index contributed by atoms with van der Waals surface area (Å²) in [5.41, 5.74) is 5.15. The van der Waals surface area contributed by atoms with Crippen molar-refractivity contribution in [1.82, 2.24) is 14.5 Å². The molecule has 2 aromatic carbocycles. The van der Waals surface area contributed by atoms with Gasteiger partial charge in [0, 0.05) is 72.5 Å². The highest BCUT2D eigenvalue weighted by molar-refractivity contribution is 6.18. The Morgan fingerprint density at radius 2 is 1.74 bits per heavy atom. The van der Waals surface area contributed by atoms with E-state index in [-0.39, 0.29) is 0 Å². The van der Waals surface area contributed by atoms with Gasteiger partial charge in [0.05, 0.1) is 5.52 Å². The average Bonchev–Trinajstić information content (AvgIpc) is 2.99. The van der Waals surface area contributed by atoms with Crippen LogP contribution in [0.25, 0.3) is 32.6 Å². The summed E-state index contributed by atoms with van der Waals surface area (Å²) in [4.78, 5) is 6.76. The molecule has 0 unspecified atom stereocenters. The number of nitrogens with zero attached hydrogens (tertiary/aromatic N) is 3. The van der Waals surface area contributed by atoms with Crippen molar-refractivity contribution < 1.29 is 0 Å². The minimum absolute atomic E-state index is 0.595. The number of benzene rings is 2. The molecule has 0 radical (unpaired) electrons. The van der Waals surface area contributed by atoms with Crippen LogP contribution < -0.4 is 0 Å². The Bertz CT molecular complexity index is 1110. The molecule has 4 aromatic rings. The standard InChI is InChI=1S/C22H23Cl2N3/c1-15-16-7-10-25-13-18(16)19(14-27(11-8-23)12-9-24)21-17-5-3-4-6-20(17)26(2)22(15)21/h3-7,10,13H,8-9,11-12,14H2,1-2H3. The Kier molecular flexibility index (Phi) is 5.27. The van der Waals surface area contributed by atoms with E-state index in [1.54, 1.807) is 0 Å². The fourth-order valence-corrected chi connectivity index (χ4v) is 4.74. The normalized spacial score (nSPS) is 12.0. The van der Waals surface area contributed by atoms with Gasteiger partial charge in [-0.1, -0.05) is 18.2 Å². The summed E-state index contributed by atoms with van der Waals surface area (Å²) < 4.78 is 2.32. The van der Waals surface area contributed by atoms with Crippen LogP contribution in [0, 0.1) is 6.92 Å². The van der Waals surface area contributed by atoms with Gasteiger partial charge in [-0.25, -0.2) is 0 Å². The highest BCUT2D eigenvalue weighted by Crippen LogP contribution is 2.38. The maximum atomic E-state index is 6.06. The van der Waals surface area contributed by atoms with Crippen LogP contribution >= 0.6 is 23.2 Å². The fraction of sp³-hybridized carbons (Fsp3) is 0.318. The van der Waals surface area contributed by atoms with Gasteiger partial charge in [-0.15, -0.1) is 23.2 Å². The van der Waals surface area contributed by atoms with Crippen LogP contribution in [0.5, 0.6) is 0 Å². The fourth-order valence-electron chi connectivity index (χ4n) is 4.26. The number of aromatic nitrogens is 2. The molecule has 4 rings (SSSR count). The van der Waals surface area contributed by atoms with Crippen molar-refractivity contribution in [1.29, 1.82) is 0 Å². The lowest BCUT2D eigenvalue weighted by Gasteiger charge is -2.22. The molecule has 5 heteroatoms. The molecule has 0 spiro atoms. The first-order chi connectivity index (χ1) is 13.2. The van der Waals surface area contributed by atoms with E-state index in [2.05, 4.69) is 58.8 Å².